The van der Waals surface area contributed by atoms with E-state index in [0.29, 0.717) is 0 Å². The third-order valence-electron chi connectivity index (χ3n) is 5.03. The number of thioether (sulfide) groups is 1. The molecule has 1 spiro atoms. The maximum atomic E-state index is 5.46. The molecule has 19 heavy (non-hydrogen) atoms. The van der Waals surface area contributed by atoms with E-state index in [0.717, 1.165) is 32.0 Å². The number of aliphatic imine (C=N–C) groups is 1. The number of amidine groups is 1. The number of nitrogens with one attached hydrogen (secondary N) is 1. The van der Waals surface area contributed by atoms with E-state index in [1.807, 2.05) is 11.8 Å². The molecular formula is C15H26N2OS. The Morgan fingerprint density at radius 3 is 2.58 bits per heavy atom. The van der Waals surface area contributed by atoms with Gasteiger partial charge in [0.1, 0.15) is 0 Å². The van der Waals surface area contributed by atoms with E-state index in [4.69, 9.17) is 9.73 Å². The van der Waals surface area contributed by atoms with E-state index >= 15 is 0 Å². The molecule has 0 amide bonds. The minimum absolute atomic E-state index is 0.192. The van der Waals surface area contributed by atoms with Gasteiger partial charge in [0.05, 0.1) is 5.54 Å². The van der Waals surface area contributed by atoms with Crippen molar-refractivity contribution in [2.45, 2.75) is 63.5 Å². The highest BCUT2D eigenvalue weighted by Crippen LogP contribution is 2.41. The SMILES string of the molecule is CC1CCC2(CC1)CSC(NC1(C)CCOCC1)=N2. The van der Waals surface area contributed by atoms with Crippen LogP contribution in [0.2, 0.25) is 0 Å². The molecule has 0 bridgehead atoms. The number of rotatable bonds is 1. The lowest BCUT2D eigenvalue weighted by Gasteiger charge is -2.35. The van der Waals surface area contributed by atoms with Gasteiger partial charge in [0, 0.05) is 24.5 Å². The zero-order valence-corrected chi connectivity index (χ0v) is 13.0. The minimum Gasteiger partial charge on any atom is -0.381 e. The molecular weight excluding hydrogens is 256 g/mol. The second kappa shape index (κ2) is 5.28. The molecule has 3 nitrogen and oxygen atoms in total. The van der Waals surface area contributed by atoms with E-state index < -0.39 is 0 Å². The molecule has 0 atom stereocenters. The summed E-state index contributed by atoms with van der Waals surface area (Å²) >= 11 is 1.94. The van der Waals surface area contributed by atoms with Crippen LogP contribution in [0.15, 0.2) is 4.99 Å². The van der Waals surface area contributed by atoms with Crippen molar-refractivity contribution in [2.24, 2.45) is 10.9 Å². The summed E-state index contributed by atoms with van der Waals surface area (Å²) in [4.78, 5) is 5.08. The van der Waals surface area contributed by atoms with Crippen LogP contribution in [0.5, 0.6) is 0 Å². The molecule has 1 N–H and O–H groups in total. The van der Waals surface area contributed by atoms with Gasteiger partial charge in [-0.25, -0.2) is 0 Å². The van der Waals surface area contributed by atoms with Crippen molar-refractivity contribution in [3.8, 4) is 0 Å². The number of ether oxygens (including phenoxy) is 1. The first-order valence-electron chi connectivity index (χ1n) is 7.68. The molecule has 0 aromatic heterocycles. The average Bonchev–Trinajstić information content (AvgIpc) is 2.77. The van der Waals surface area contributed by atoms with Crippen molar-refractivity contribution in [2.75, 3.05) is 19.0 Å². The predicted octanol–water partition coefficient (Wildman–Crippen LogP) is 3.20. The molecule has 1 saturated carbocycles. The molecule has 2 fully saturated rings. The Morgan fingerprint density at radius 1 is 1.21 bits per heavy atom. The molecule has 1 saturated heterocycles. The van der Waals surface area contributed by atoms with Crippen LogP contribution in [0, 0.1) is 5.92 Å². The normalized spacial score (nSPS) is 38.2. The molecule has 0 aromatic carbocycles. The molecule has 0 unspecified atom stereocenters. The Balaban J connectivity index is 1.63. The van der Waals surface area contributed by atoms with Crippen LogP contribution in [-0.4, -0.2) is 35.2 Å². The van der Waals surface area contributed by atoms with Gasteiger partial charge in [-0.3, -0.25) is 4.99 Å². The van der Waals surface area contributed by atoms with Gasteiger partial charge in [0.15, 0.2) is 5.17 Å². The van der Waals surface area contributed by atoms with Crippen LogP contribution in [0.4, 0.5) is 0 Å². The summed E-state index contributed by atoms with van der Waals surface area (Å²) in [5, 5.41) is 4.90. The van der Waals surface area contributed by atoms with Crippen LogP contribution in [0.3, 0.4) is 0 Å². The molecule has 0 radical (unpaired) electrons. The first kappa shape index (κ1) is 13.7. The van der Waals surface area contributed by atoms with Crippen LogP contribution >= 0.6 is 11.8 Å². The largest absolute Gasteiger partial charge is 0.381 e. The molecule has 4 heteroatoms. The summed E-state index contributed by atoms with van der Waals surface area (Å²) in [7, 11) is 0. The van der Waals surface area contributed by atoms with Crippen molar-refractivity contribution in [1.82, 2.24) is 5.32 Å². The summed E-state index contributed by atoms with van der Waals surface area (Å²) in [5.41, 5.74) is 0.457. The lowest BCUT2D eigenvalue weighted by atomic mass is 9.79. The quantitative estimate of drug-likeness (QED) is 0.802. The third-order valence-corrected chi connectivity index (χ3v) is 6.17. The van der Waals surface area contributed by atoms with Crippen molar-refractivity contribution >= 4 is 16.9 Å². The highest BCUT2D eigenvalue weighted by atomic mass is 32.2. The van der Waals surface area contributed by atoms with E-state index in [1.54, 1.807) is 0 Å². The average molecular weight is 282 g/mol. The van der Waals surface area contributed by atoms with Crippen LogP contribution in [0.25, 0.3) is 0 Å². The first-order chi connectivity index (χ1) is 9.09. The Morgan fingerprint density at radius 2 is 1.89 bits per heavy atom. The summed E-state index contributed by atoms with van der Waals surface area (Å²) in [6.45, 7) is 6.45. The Kier molecular flexibility index (Phi) is 3.82. The molecule has 108 valence electrons. The maximum Gasteiger partial charge on any atom is 0.157 e. The fraction of sp³-hybridized carbons (Fsp3) is 0.933. The summed E-state index contributed by atoms with van der Waals surface area (Å²) in [5.74, 6) is 2.09. The molecule has 3 rings (SSSR count). The van der Waals surface area contributed by atoms with Crippen molar-refractivity contribution in [1.29, 1.82) is 0 Å². The highest BCUT2D eigenvalue weighted by molar-refractivity contribution is 8.14. The Hall–Kier alpha value is -0.220. The van der Waals surface area contributed by atoms with Gasteiger partial charge in [-0.2, -0.15) is 0 Å². The maximum absolute atomic E-state index is 5.46. The third kappa shape index (κ3) is 3.10. The van der Waals surface area contributed by atoms with E-state index in [1.165, 1.54) is 36.6 Å². The molecule has 0 aromatic rings. The standard InChI is InChI=1S/C15H26N2OS/c1-12-3-5-15(6-4-12)11-19-13(17-15)16-14(2)7-9-18-10-8-14/h12H,3-11H2,1-2H3,(H,16,17). The number of nitrogens with zero attached hydrogens (tertiary/aromatic N) is 1. The van der Waals surface area contributed by atoms with Gasteiger partial charge in [0.25, 0.3) is 0 Å². The predicted molar refractivity (Wildman–Crippen MR) is 81.8 cm³/mol. The van der Waals surface area contributed by atoms with E-state index in [9.17, 15) is 0 Å². The van der Waals surface area contributed by atoms with Crippen molar-refractivity contribution in [3.05, 3.63) is 0 Å². The summed E-state index contributed by atoms with van der Waals surface area (Å²) < 4.78 is 5.46. The molecule has 2 aliphatic heterocycles. The van der Waals surface area contributed by atoms with Gasteiger partial charge < -0.3 is 10.1 Å². The second-order valence-corrected chi connectivity index (χ2v) is 7.87. The van der Waals surface area contributed by atoms with Crippen LogP contribution < -0.4 is 5.32 Å². The number of hydrogen-bond acceptors (Lipinski definition) is 4. The lowest BCUT2D eigenvalue weighted by Crippen LogP contribution is -2.48. The van der Waals surface area contributed by atoms with E-state index in [-0.39, 0.29) is 11.1 Å². The summed E-state index contributed by atoms with van der Waals surface area (Å²) in [6.07, 6.45) is 7.45. The second-order valence-electron chi connectivity index (χ2n) is 6.91. The van der Waals surface area contributed by atoms with Crippen LogP contribution in [-0.2, 0) is 4.74 Å². The lowest BCUT2D eigenvalue weighted by molar-refractivity contribution is 0.0527. The fourth-order valence-electron chi connectivity index (χ4n) is 3.31. The first-order valence-corrected chi connectivity index (χ1v) is 8.66. The van der Waals surface area contributed by atoms with Gasteiger partial charge in [0.2, 0.25) is 0 Å². The Bertz CT molecular complexity index is 355. The highest BCUT2D eigenvalue weighted by Gasteiger charge is 2.40. The van der Waals surface area contributed by atoms with E-state index in [2.05, 4.69) is 19.2 Å². The summed E-state index contributed by atoms with van der Waals surface area (Å²) in [6, 6.07) is 0. The fourth-order valence-corrected chi connectivity index (χ4v) is 4.64. The molecule has 1 aliphatic carbocycles. The molecule has 3 aliphatic rings. The van der Waals surface area contributed by atoms with Gasteiger partial charge >= 0.3 is 0 Å². The van der Waals surface area contributed by atoms with Gasteiger partial charge in [-0.15, -0.1) is 0 Å². The van der Waals surface area contributed by atoms with Crippen molar-refractivity contribution < 1.29 is 4.74 Å². The zero-order chi connectivity index (χ0) is 13.3. The van der Waals surface area contributed by atoms with Gasteiger partial charge in [-0.1, -0.05) is 18.7 Å². The Labute approximate surface area is 121 Å². The zero-order valence-electron chi connectivity index (χ0n) is 12.2. The van der Waals surface area contributed by atoms with Crippen molar-refractivity contribution in [3.63, 3.8) is 0 Å². The monoisotopic (exact) mass is 282 g/mol. The van der Waals surface area contributed by atoms with Gasteiger partial charge in [-0.05, 0) is 51.4 Å². The minimum atomic E-state index is 0.192. The van der Waals surface area contributed by atoms with Crippen LogP contribution in [0.1, 0.15) is 52.4 Å². The topological polar surface area (TPSA) is 33.6 Å². The smallest absolute Gasteiger partial charge is 0.157 e. The number of hydrogen-bond donors (Lipinski definition) is 1. The molecule has 2 heterocycles.